The van der Waals surface area contributed by atoms with E-state index >= 15 is 0 Å². The number of barbiturate groups is 1. The number of hydrogen-bond donors (Lipinski definition) is 1. The van der Waals surface area contributed by atoms with Crippen molar-refractivity contribution < 1.29 is 14.4 Å². The molecule has 0 spiro atoms. The normalized spacial score (nSPS) is 31.9. The van der Waals surface area contributed by atoms with Crippen LogP contribution in [0.3, 0.4) is 0 Å². The Hall–Kier alpha value is -1.77. The molecule has 1 N–H and O–H groups in total. The molecule has 2 bridgehead atoms. The molecule has 0 aromatic heterocycles. The van der Waals surface area contributed by atoms with Gasteiger partial charge in [-0.3, -0.25) is 24.8 Å². The Morgan fingerprint density at radius 2 is 2.04 bits per heavy atom. The van der Waals surface area contributed by atoms with Gasteiger partial charge in [-0.05, 0) is 71.9 Å². The molecule has 25 heavy (non-hydrogen) atoms. The number of benzene rings is 1. The predicted molar refractivity (Wildman–Crippen MR) is 100 cm³/mol. The van der Waals surface area contributed by atoms with E-state index in [1.54, 1.807) is 0 Å². The number of carbonyl (C=O) groups excluding carboxylic acids is 3. The molecule has 130 valence electrons. The second-order valence-electron chi connectivity index (χ2n) is 6.98. The zero-order valence-corrected chi connectivity index (χ0v) is 15.7. The molecule has 0 unspecified atom stereocenters. The fraction of sp³-hybridized carbons (Fsp3) is 0.444. The van der Waals surface area contributed by atoms with Crippen LogP contribution in [-0.4, -0.2) is 35.0 Å². The number of nitrogens with one attached hydrogen (secondary N) is 1. The van der Waals surface area contributed by atoms with Crippen molar-refractivity contribution >= 4 is 52.3 Å². The van der Waals surface area contributed by atoms with E-state index in [0.717, 1.165) is 22.8 Å². The highest BCUT2D eigenvalue weighted by molar-refractivity contribution is 14.1. The quantitative estimate of drug-likeness (QED) is 0.436. The molecular formula is C18H18IN3O3. The molecular weight excluding hydrogens is 433 g/mol. The maximum atomic E-state index is 12.8. The molecule has 6 nitrogen and oxygen atoms in total. The van der Waals surface area contributed by atoms with E-state index < -0.39 is 23.8 Å². The molecule has 0 radical (unpaired) electrons. The fourth-order valence-corrected chi connectivity index (χ4v) is 4.82. The lowest BCUT2D eigenvalue weighted by molar-refractivity contribution is -0.141. The summed E-state index contributed by atoms with van der Waals surface area (Å²) in [4.78, 5) is 42.8. The Labute approximate surface area is 159 Å². The molecule has 1 aromatic carbocycles. The molecule has 4 amide bonds. The Balaban J connectivity index is 1.56. The van der Waals surface area contributed by atoms with E-state index in [1.807, 2.05) is 24.3 Å². The van der Waals surface area contributed by atoms with Gasteiger partial charge >= 0.3 is 6.03 Å². The minimum absolute atomic E-state index is 0.0760. The minimum atomic E-state index is -1.05. The van der Waals surface area contributed by atoms with Crippen LogP contribution in [0.4, 0.5) is 10.5 Å². The number of hydrogen-bond acceptors (Lipinski definition) is 4. The van der Waals surface area contributed by atoms with Gasteiger partial charge in [0.15, 0.2) is 5.92 Å². The van der Waals surface area contributed by atoms with Gasteiger partial charge in [-0.15, -0.1) is 0 Å². The van der Waals surface area contributed by atoms with Crippen LogP contribution >= 0.6 is 22.6 Å². The van der Waals surface area contributed by atoms with Crippen LogP contribution in [0.2, 0.25) is 0 Å². The number of amides is 4. The van der Waals surface area contributed by atoms with Gasteiger partial charge in [0.1, 0.15) is 0 Å². The zero-order chi connectivity index (χ0) is 17.6. The summed E-state index contributed by atoms with van der Waals surface area (Å²) in [5.41, 5.74) is 0.677. The standard InChI is InChI=1S/C18H18IN3O3/c19-12-2-1-3-13(8-12)20-9-14-16(23)21-18(25)22(17(14)24)15-7-10-4-5-11(15)6-10/h1-3,8-11,14-15H,4-7H2,(H,21,23,25)/t10-,11-,14+,15-/m0/s1. The van der Waals surface area contributed by atoms with Gasteiger partial charge in [-0.1, -0.05) is 12.5 Å². The second-order valence-corrected chi connectivity index (χ2v) is 8.23. The van der Waals surface area contributed by atoms with Crippen molar-refractivity contribution in [2.75, 3.05) is 0 Å². The third-order valence-corrected chi connectivity index (χ3v) is 6.12. The third-order valence-electron chi connectivity index (χ3n) is 5.45. The molecule has 3 aliphatic rings. The van der Waals surface area contributed by atoms with Crippen LogP contribution < -0.4 is 5.32 Å². The highest BCUT2D eigenvalue weighted by atomic mass is 127. The Kier molecular flexibility index (Phi) is 4.35. The van der Waals surface area contributed by atoms with Crippen LogP contribution in [0.25, 0.3) is 0 Å². The molecule has 3 fully saturated rings. The maximum Gasteiger partial charge on any atom is 0.331 e. The Bertz CT molecular complexity index is 779. The largest absolute Gasteiger partial charge is 0.331 e. The number of imide groups is 2. The van der Waals surface area contributed by atoms with E-state index in [0.29, 0.717) is 17.5 Å². The lowest BCUT2D eigenvalue weighted by Crippen LogP contribution is -2.62. The third kappa shape index (κ3) is 3.09. The van der Waals surface area contributed by atoms with Crippen LogP contribution in [0.5, 0.6) is 0 Å². The van der Waals surface area contributed by atoms with Crippen molar-refractivity contribution in [3.8, 4) is 0 Å². The van der Waals surface area contributed by atoms with E-state index in [-0.39, 0.29) is 6.04 Å². The summed E-state index contributed by atoms with van der Waals surface area (Å²) in [7, 11) is 0. The first kappa shape index (κ1) is 16.7. The second kappa shape index (κ2) is 6.51. The van der Waals surface area contributed by atoms with Crippen molar-refractivity contribution in [3.63, 3.8) is 0 Å². The molecule has 2 saturated carbocycles. The molecule has 2 aliphatic carbocycles. The summed E-state index contributed by atoms with van der Waals surface area (Å²) in [5, 5.41) is 2.33. The molecule has 1 aliphatic heterocycles. The van der Waals surface area contributed by atoms with Crippen molar-refractivity contribution in [2.24, 2.45) is 22.7 Å². The van der Waals surface area contributed by atoms with Gasteiger partial charge in [0.05, 0.1) is 5.69 Å². The number of halogens is 1. The van der Waals surface area contributed by atoms with E-state index in [4.69, 9.17) is 0 Å². The number of aliphatic imine (C=N–C) groups is 1. The van der Waals surface area contributed by atoms with Crippen molar-refractivity contribution in [1.82, 2.24) is 10.2 Å². The zero-order valence-electron chi connectivity index (χ0n) is 13.5. The highest BCUT2D eigenvalue weighted by Gasteiger charge is 2.50. The lowest BCUT2D eigenvalue weighted by atomic mass is 9.92. The summed E-state index contributed by atoms with van der Waals surface area (Å²) in [6.45, 7) is 0. The summed E-state index contributed by atoms with van der Waals surface area (Å²) in [6, 6.07) is 6.82. The topological polar surface area (TPSA) is 78.8 Å². The van der Waals surface area contributed by atoms with E-state index in [9.17, 15) is 14.4 Å². The number of urea groups is 1. The molecule has 4 atom stereocenters. The van der Waals surface area contributed by atoms with E-state index in [1.165, 1.54) is 17.5 Å². The molecule has 4 rings (SSSR count). The van der Waals surface area contributed by atoms with Gasteiger partial charge < -0.3 is 0 Å². The first-order valence-electron chi connectivity index (χ1n) is 8.50. The molecule has 1 saturated heterocycles. The highest BCUT2D eigenvalue weighted by Crippen LogP contribution is 2.47. The van der Waals surface area contributed by atoms with E-state index in [2.05, 4.69) is 32.9 Å². The van der Waals surface area contributed by atoms with Crippen LogP contribution in [0.1, 0.15) is 25.7 Å². The molecule has 1 heterocycles. The SMILES string of the molecule is O=C1NC(=O)N([C@H]2C[C@H]3CC[C@H]2C3)C(=O)[C@@H]1C=Nc1cccc(I)c1. The number of carbonyl (C=O) groups is 3. The van der Waals surface area contributed by atoms with Crippen molar-refractivity contribution in [3.05, 3.63) is 27.8 Å². The predicted octanol–water partition coefficient (Wildman–Crippen LogP) is 2.88. The van der Waals surface area contributed by atoms with Crippen LogP contribution in [0, 0.1) is 21.3 Å². The smallest absolute Gasteiger partial charge is 0.277 e. The van der Waals surface area contributed by atoms with Gasteiger partial charge in [0, 0.05) is 15.8 Å². The van der Waals surface area contributed by atoms with Crippen LogP contribution in [0.15, 0.2) is 29.3 Å². The average molecular weight is 451 g/mol. The first-order chi connectivity index (χ1) is 12.0. The Morgan fingerprint density at radius 1 is 1.20 bits per heavy atom. The monoisotopic (exact) mass is 451 g/mol. The van der Waals surface area contributed by atoms with Crippen molar-refractivity contribution in [1.29, 1.82) is 0 Å². The number of nitrogens with zero attached hydrogens (tertiary/aromatic N) is 2. The van der Waals surface area contributed by atoms with Gasteiger partial charge in [0.25, 0.3) is 0 Å². The summed E-state index contributed by atoms with van der Waals surface area (Å²) in [5.74, 6) is -1.10. The summed E-state index contributed by atoms with van der Waals surface area (Å²) < 4.78 is 1.02. The fourth-order valence-electron chi connectivity index (χ4n) is 4.30. The number of rotatable bonds is 3. The summed E-state index contributed by atoms with van der Waals surface area (Å²) in [6.07, 6.45) is 5.54. The maximum absolute atomic E-state index is 12.8. The molecule has 1 aromatic rings. The van der Waals surface area contributed by atoms with Gasteiger partial charge in [-0.25, -0.2) is 4.79 Å². The number of fused-ring (bicyclic) bond motifs is 2. The Morgan fingerprint density at radius 3 is 2.72 bits per heavy atom. The molecule has 7 heteroatoms. The minimum Gasteiger partial charge on any atom is -0.277 e. The van der Waals surface area contributed by atoms with Gasteiger partial charge in [-0.2, -0.15) is 0 Å². The average Bonchev–Trinajstić information content (AvgIpc) is 3.17. The lowest BCUT2D eigenvalue weighted by Gasteiger charge is -2.36. The first-order valence-corrected chi connectivity index (χ1v) is 9.58. The van der Waals surface area contributed by atoms with Gasteiger partial charge in [0.2, 0.25) is 11.8 Å². The van der Waals surface area contributed by atoms with Crippen LogP contribution in [-0.2, 0) is 9.59 Å². The van der Waals surface area contributed by atoms with Crippen molar-refractivity contribution in [2.45, 2.75) is 31.7 Å². The summed E-state index contributed by atoms with van der Waals surface area (Å²) >= 11 is 2.18.